The molecule has 0 radical (unpaired) electrons. The van der Waals surface area contributed by atoms with E-state index in [1.165, 1.54) is 116 Å². The maximum absolute atomic E-state index is 12.3. The fourth-order valence-corrected chi connectivity index (χ4v) is 5.84. The van der Waals surface area contributed by atoms with Gasteiger partial charge in [-0.2, -0.15) is 0 Å². The van der Waals surface area contributed by atoms with Crippen molar-refractivity contribution >= 4 is 19.8 Å². The number of unbranched alkanes of at least 4 members (excludes halogenated alkanes) is 22. The predicted octanol–water partition coefficient (Wildman–Crippen LogP) is 11.6. The minimum atomic E-state index is -4.75. The van der Waals surface area contributed by atoms with Gasteiger partial charge in [-0.3, -0.25) is 14.1 Å². The van der Waals surface area contributed by atoms with Crippen molar-refractivity contribution in [3.8, 4) is 0 Å². The lowest BCUT2D eigenvalue weighted by Gasteiger charge is -2.18. The van der Waals surface area contributed by atoms with Gasteiger partial charge in [-0.25, -0.2) is 4.57 Å². The van der Waals surface area contributed by atoms with Gasteiger partial charge in [-0.1, -0.05) is 141 Å². The van der Waals surface area contributed by atoms with Gasteiger partial charge in [0.15, 0.2) is 6.10 Å². The first-order valence-electron chi connectivity index (χ1n) is 19.6. The number of phosphoric ester groups is 1. The summed E-state index contributed by atoms with van der Waals surface area (Å²) in [7, 11) is -4.75. The van der Waals surface area contributed by atoms with Crippen molar-refractivity contribution < 1.29 is 37.9 Å². The molecule has 0 aliphatic heterocycles. The average Bonchev–Trinajstić information content (AvgIpc) is 3.05. The molecule has 0 rings (SSSR count). The summed E-state index contributed by atoms with van der Waals surface area (Å²) in [5, 5.41) is 0. The van der Waals surface area contributed by atoms with E-state index in [-0.39, 0.29) is 19.4 Å². The third-order valence-electron chi connectivity index (χ3n) is 8.44. The standard InChI is InChI=1S/C39H73O8P/c1-3-5-7-9-11-13-15-17-18-19-20-22-23-25-27-29-31-33-38(40)45-35-37(36-46-48(42,43)44)47-39(41)34-32-30-28-26-24-21-16-14-12-10-8-6-4-2/h13,15,21,24,37H,3-12,14,16-20,22-23,25-36H2,1-2H3,(H2,42,43,44)/b15-13+,24-21+/t37-/m1/s1. The number of phosphoric acid groups is 1. The van der Waals surface area contributed by atoms with Gasteiger partial charge >= 0.3 is 19.8 Å². The summed E-state index contributed by atoms with van der Waals surface area (Å²) in [5.74, 6) is -0.902. The van der Waals surface area contributed by atoms with Gasteiger partial charge in [-0.15, -0.1) is 0 Å². The molecule has 9 heteroatoms. The van der Waals surface area contributed by atoms with Gasteiger partial charge < -0.3 is 19.3 Å². The van der Waals surface area contributed by atoms with Crippen LogP contribution in [-0.4, -0.2) is 41.0 Å². The molecule has 0 bridgehead atoms. The van der Waals surface area contributed by atoms with E-state index >= 15 is 0 Å². The summed E-state index contributed by atoms with van der Waals surface area (Å²) in [5.41, 5.74) is 0. The van der Waals surface area contributed by atoms with Crippen molar-refractivity contribution in [3.63, 3.8) is 0 Å². The van der Waals surface area contributed by atoms with E-state index in [1.807, 2.05) is 0 Å². The van der Waals surface area contributed by atoms with Crippen LogP contribution in [0.2, 0.25) is 0 Å². The fourth-order valence-electron chi connectivity index (χ4n) is 5.48. The molecule has 0 aromatic carbocycles. The van der Waals surface area contributed by atoms with Gasteiger partial charge in [-0.05, 0) is 64.2 Å². The Hall–Kier alpha value is -1.47. The highest BCUT2D eigenvalue weighted by molar-refractivity contribution is 7.46. The van der Waals surface area contributed by atoms with Gasteiger partial charge in [0, 0.05) is 12.8 Å². The smallest absolute Gasteiger partial charge is 0.462 e. The van der Waals surface area contributed by atoms with E-state index in [0.29, 0.717) is 6.42 Å². The number of carbonyl (C=O) groups is 2. The van der Waals surface area contributed by atoms with Crippen molar-refractivity contribution in [1.29, 1.82) is 0 Å². The molecule has 8 nitrogen and oxygen atoms in total. The van der Waals surface area contributed by atoms with Crippen LogP contribution in [0.4, 0.5) is 0 Å². The van der Waals surface area contributed by atoms with Crippen molar-refractivity contribution in [2.45, 2.75) is 200 Å². The normalized spacial score (nSPS) is 12.7. The summed E-state index contributed by atoms with van der Waals surface area (Å²) in [6, 6.07) is 0. The van der Waals surface area contributed by atoms with E-state index in [9.17, 15) is 14.2 Å². The number of carbonyl (C=O) groups excluding carboxylic acids is 2. The Balaban J connectivity index is 3.94. The lowest BCUT2D eigenvalue weighted by molar-refractivity contribution is -0.161. The van der Waals surface area contributed by atoms with Crippen molar-refractivity contribution in [2.24, 2.45) is 0 Å². The number of allylic oxidation sites excluding steroid dienone is 4. The Bertz CT molecular complexity index is 838. The molecule has 1 atom stereocenters. The van der Waals surface area contributed by atoms with Gasteiger partial charge in [0.1, 0.15) is 6.61 Å². The molecule has 48 heavy (non-hydrogen) atoms. The maximum atomic E-state index is 12.3. The molecule has 2 N–H and O–H groups in total. The minimum absolute atomic E-state index is 0.193. The first-order chi connectivity index (χ1) is 23.3. The fraction of sp³-hybridized carbons (Fsp3) is 0.846. The molecule has 0 saturated carbocycles. The quantitative estimate of drug-likeness (QED) is 0.0287. The Morgan fingerprint density at radius 3 is 1.31 bits per heavy atom. The number of hydrogen-bond donors (Lipinski definition) is 2. The van der Waals surface area contributed by atoms with Gasteiger partial charge in [0.25, 0.3) is 0 Å². The van der Waals surface area contributed by atoms with Crippen molar-refractivity contribution in [1.82, 2.24) is 0 Å². The van der Waals surface area contributed by atoms with E-state index in [1.54, 1.807) is 0 Å². The SMILES string of the molecule is CCCCCC/C=C/CCCCCCCCCCCC(=O)OC[C@H](COP(=O)(O)O)OC(=O)CCCCC/C=C/CCCCCCCC. The zero-order valence-electron chi connectivity index (χ0n) is 30.9. The predicted molar refractivity (Wildman–Crippen MR) is 198 cm³/mol. The summed E-state index contributed by atoms with van der Waals surface area (Å²) in [6.45, 7) is 3.65. The zero-order chi connectivity index (χ0) is 35.4. The highest BCUT2D eigenvalue weighted by atomic mass is 31.2. The monoisotopic (exact) mass is 701 g/mol. The second kappa shape index (κ2) is 35.4. The van der Waals surface area contributed by atoms with Crippen LogP contribution in [0.5, 0.6) is 0 Å². The van der Waals surface area contributed by atoms with Crippen LogP contribution in [0, 0.1) is 0 Å². The van der Waals surface area contributed by atoms with Crippen molar-refractivity contribution in [3.05, 3.63) is 24.3 Å². The topological polar surface area (TPSA) is 119 Å². The molecule has 0 aromatic rings. The third kappa shape index (κ3) is 37.4. The molecular weight excluding hydrogens is 627 g/mol. The molecule has 0 aliphatic rings. The Kier molecular flexibility index (Phi) is 34.3. The van der Waals surface area contributed by atoms with E-state index in [4.69, 9.17) is 19.3 Å². The average molecular weight is 701 g/mol. The molecule has 0 fully saturated rings. The van der Waals surface area contributed by atoms with Crippen molar-refractivity contribution in [2.75, 3.05) is 13.2 Å². The number of ether oxygens (including phenoxy) is 2. The first kappa shape index (κ1) is 46.5. The van der Waals surface area contributed by atoms with Crippen LogP contribution in [0.3, 0.4) is 0 Å². The molecule has 0 spiro atoms. The summed E-state index contributed by atoms with van der Waals surface area (Å²) >= 11 is 0. The molecule has 0 amide bonds. The molecule has 0 saturated heterocycles. The molecule has 0 heterocycles. The third-order valence-corrected chi connectivity index (χ3v) is 8.93. The van der Waals surface area contributed by atoms with E-state index < -0.39 is 32.5 Å². The van der Waals surface area contributed by atoms with E-state index in [0.717, 1.165) is 44.9 Å². The van der Waals surface area contributed by atoms with Gasteiger partial charge in [0.2, 0.25) is 0 Å². The second-order valence-corrected chi connectivity index (χ2v) is 14.5. The number of rotatable bonds is 36. The highest BCUT2D eigenvalue weighted by Crippen LogP contribution is 2.36. The van der Waals surface area contributed by atoms with Crippen LogP contribution in [0.25, 0.3) is 0 Å². The Labute approximate surface area is 294 Å². The molecule has 0 aromatic heterocycles. The number of esters is 2. The maximum Gasteiger partial charge on any atom is 0.469 e. The lowest BCUT2D eigenvalue weighted by atomic mass is 10.1. The largest absolute Gasteiger partial charge is 0.469 e. The van der Waals surface area contributed by atoms with Crippen LogP contribution < -0.4 is 0 Å². The summed E-state index contributed by atoms with van der Waals surface area (Å²) in [6.07, 6.45) is 39.0. The molecular formula is C39H73O8P. The highest BCUT2D eigenvalue weighted by Gasteiger charge is 2.22. The second-order valence-electron chi connectivity index (χ2n) is 13.2. The summed E-state index contributed by atoms with van der Waals surface area (Å²) in [4.78, 5) is 42.7. The molecule has 282 valence electrons. The molecule has 0 unspecified atom stereocenters. The van der Waals surface area contributed by atoms with E-state index in [2.05, 4.69) is 42.7 Å². The Morgan fingerprint density at radius 2 is 0.875 bits per heavy atom. The first-order valence-corrected chi connectivity index (χ1v) is 21.2. The van der Waals surface area contributed by atoms with Gasteiger partial charge in [0.05, 0.1) is 6.61 Å². The summed E-state index contributed by atoms with van der Waals surface area (Å²) < 4.78 is 26.3. The number of hydrogen-bond acceptors (Lipinski definition) is 6. The van der Waals surface area contributed by atoms with Crippen LogP contribution in [0.15, 0.2) is 24.3 Å². The lowest BCUT2D eigenvalue weighted by Crippen LogP contribution is -2.29. The zero-order valence-corrected chi connectivity index (χ0v) is 31.8. The van der Waals surface area contributed by atoms with Crippen LogP contribution >= 0.6 is 7.82 Å². The van der Waals surface area contributed by atoms with Crippen LogP contribution in [0.1, 0.15) is 194 Å². The molecule has 0 aliphatic carbocycles. The van der Waals surface area contributed by atoms with Crippen LogP contribution in [-0.2, 0) is 28.2 Å². The minimum Gasteiger partial charge on any atom is -0.462 e. The Morgan fingerprint density at radius 1 is 0.521 bits per heavy atom.